The van der Waals surface area contributed by atoms with Crippen molar-refractivity contribution in [3.63, 3.8) is 0 Å². The van der Waals surface area contributed by atoms with Gasteiger partial charge in [0.1, 0.15) is 17.2 Å². The molecule has 6 nitrogen and oxygen atoms in total. The number of phosphoric ester groups is 1. The Balaban J connectivity index is 2.33. The SMILES string of the molecule is O=P(O)(O)Oc1cccc(-c2ccccc2O)c1-c1ccccc1O. The van der Waals surface area contributed by atoms with E-state index in [0.29, 0.717) is 16.7 Å². The number of hydrogen-bond donors (Lipinski definition) is 4. The van der Waals surface area contributed by atoms with Crippen molar-refractivity contribution in [3.8, 4) is 39.5 Å². The van der Waals surface area contributed by atoms with Crippen molar-refractivity contribution in [2.45, 2.75) is 0 Å². The minimum Gasteiger partial charge on any atom is -0.507 e. The molecule has 0 amide bonds. The van der Waals surface area contributed by atoms with Gasteiger partial charge < -0.3 is 14.7 Å². The maximum atomic E-state index is 11.3. The summed E-state index contributed by atoms with van der Waals surface area (Å²) in [5.74, 6) is -0.191. The van der Waals surface area contributed by atoms with Crippen LogP contribution in [0.5, 0.6) is 17.2 Å². The molecule has 7 heteroatoms. The van der Waals surface area contributed by atoms with Gasteiger partial charge in [0.15, 0.2) is 0 Å². The summed E-state index contributed by atoms with van der Waals surface area (Å²) in [6, 6.07) is 17.5. The number of phenolic OH excluding ortho intramolecular Hbond substituents is 2. The highest BCUT2D eigenvalue weighted by molar-refractivity contribution is 7.46. The lowest BCUT2D eigenvalue weighted by molar-refractivity contribution is 0.283. The minimum absolute atomic E-state index is 0.00694. The Bertz CT molecular complexity index is 963. The molecule has 0 fully saturated rings. The first kappa shape index (κ1) is 17.0. The van der Waals surface area contributed by atoms with Crippen molar-refractivity contribution in [2.24, 2.45) is 0 Å². The summed E-state index contributed by atoms with van der Waals surface area (Å²) in [7, 11) is -4.82. The second-order valence-electron chi connectivity index (χ2n) is 5.29. The van der Waals surface area contributed by atoms with Crippen molar-refractivity contribution < 1.29 is 29.1 Å². The Hall–Kier alpha value is -2.79. The smallest absolute Gasteiger partial charge is 0.507 e. The number of rotatable bonds is 4. The number of para-hydroxylation sites is 2. The zero-order valence-electron chi connectivity index (χ0n) is 12.9. The Morgan fingerprint density at radius 1 is 0.680 bits per heavy atom. The zero-order chi connectivity index (χ0) is 18.0. The van der Waals surface area contributed by atoms with Crippen molar-refractivity contribution in [3.05, 3.63) is 66.7 Å². The fourth-order valence-electron chi connectivity index (χ4n) is 2.62. The van der Waals surface area contributed by atoms with Crippen LogP contribution in [0.3, 0.4) is 0 Å². The Morgan fingerprint density at radius 3 is 1.76 bits per heavy atom. The first-order chi connectivity index (χ1) is 11.9. The average Bonchev–Trinajstić information content (AvgIpc) is 2.55. The van der Waals surface area contributed by atoms with Crippen molar-refractivity contribution >= 4 is 7.82 Å². The van der Waals surface area contributed by atoms with Crippen LogP contribution in [0.25, 0.3) is 22.3 Å². The third kappa shape index (κ3) is 3.67. The van der Waals surface area contributed by atoms with E-state index in [2.05, 4.69) is 0 Å². The zero-order valence-corrected chi connectivity index (χ0v) is 13.8. The lowest BCUT2D eigenvalue weighted by Crippen LogP contribution is -1.95. The molecule has 0 unspecified atom stereocenters. The van der Waals surface area contributed by atoms with Crippen LogP contribution in [0.2, 0.25) is 0 Å². The van der Waals surface area contributed by atoms with Gasteiger partial charge in [0.05, 0.1) is 0 Å². The highest BCUT2D eigenvalue weighted by Crippen LogP contribution is 2.48. The van der Waals surface area contributed by atoms with E-state index in [1.165, 1.54) is 18.2 Å². The minimum atomic E-state index is -4.82. The molecule has 3 rings (SSSR count). The van der Waals surface area contributed by atoms with E-state index in [9.17, 15) is 24.6 Å². The molecule has 128 valence electrons. The first-order valence-corrected chi connectivity index (χ1v) is 8.85. The van der Waals surface area contributed by atoms with Gasteiger partial charge >= 0.3 is 7.82 Å². The van der Waals surface area contributed by atoms with Gasteiger partial charge in [0.25, 0.3) is 0 Å². The molecule has 0 aliphatic carbocycles. The molecule has 3 aromatic carbocycles. The monoisotopic (exact) mass is 358 g/mol. The number of phosphoric acid groups is 1. The molecule has 0 bridgehead atoms. The topological polar surface area (TPSA) is 107 Å². The van der Waals surface area contributed by atoms with Gasteiger partial charge in [-0.3, -0.25) is 9.79 Å². The standard InChI is InChI=1S/C18H15O6P/c19-15-9-3-1-6-12(15)13-8-5-11-17(24-25(21,22)23)18(13)14-7-2-4-10-16(14)20/h1-11,19-20H,(H2,21,22,23). The van der Waals surface area contributed by atoms with Crippen LogP contribution in [-0.2, 0) is 4.57 Å². The van der Waals surface area contributed by atoms with Gasteiger partial charge in [-0.1, -0.05) is 48.5 Å². The van der Waals surface area contributed by atoms with Gasteiger partial charge in [-0.25, -0.2) is 4.57 Å². The van der Waals surface area contributed by atoms with Crippen LogP contribution in [-0.4, -0.2) is 20.0 Å². The average molecular weight is 358 g/mol. The highest BCUT2D eigenvalue weighted by Gasteiger charge is 2.23. The molecule has 25 heavy (non-hydrogen) atoms. The molecule has 0 spiro atoms. The van der Waals surface area contributed by atoms with Crippen LogP contribution in [0.4, 0.5) is 0 Å². The predicted octanol–water partition coefficient (Wildman–Crippen LogP) is 3.90. The number of aromatic hydroxyl groups is 2. The molecule has 0 aliphatic heterocycles. The highest BCUT2D eigenvalue weighted by atomic mass is 31.2. The van der Waals surface area contributed by atoms with Crippen molar-refractivity contribution in [2.75, 3.05) is 0 Å². The summed E-state index contributed by atoms with van der Waals surface area (Å²) in [6.45, 7) is 0. The Morgan fingerprint density at radius 2 is 1.20 bits per heavy atom. The normalized spacial score (nSPS) is 11.3. The Kier molecular flexibility index (Phi) is 4.51. The maximum Gasteiger partial charge on any atom is 0.524 e. The number of phenols is 2. The molecule has 0 aliphatic rings. The first-order valence-electron chi connectivity index (χ1n) is 7.32. The van der Waals surface area contributed by atoms with Gasteiger partial charge in [-0.15, -0.1) is 0 Å². The van der Waals surface area contributed by atoms with Crippen LogP contribution in [0.15, 0.2) is 66.7 Å². The second kappa shape index (κ2) is 6.61. The van der Waals surface area contributed by atoms with Gasteiger partial charge in [-0.05, 0) is 23.8 Å². The third-order valence-electron chi connectivity index (χ3n) is 3.61. The van der Waals surface area contributed by atoms with E-state index >= 15 is 0 Å². The molecular formula is C18H15O6P. The van der Waals surface area contributed by atoms with E-state index in [1.54, 1.807) is 48.5 Å². The largest absolute Gasteiger partial charge is 0.524 e. The van der Waals surface area contributed by atoms with E-state index in [4.69, 9.17) is 4.52 Å². The molecule has 4 N–H and O–H groups in total. The maximum absolute atomic E-state index is 11.3. The lowest BCUT2D eigenvalue weighted by atomic mass is 9.93. The van der Waals surface area contributed by atoms with Gasteiger partial charge in [-0.2, -0.15) is 0 Å². The van der Waals surface area contributed by atoms with E-state index in [0.717, 1.165) is 0 Å². The molecule has 0 atom stereocenters. The lowest BCUT2D eigenvalue weighted by Gasteiger charge is -2.17. The summed E-state index contributed by atoms with van der Waals surface area (Å²) in [6.07, 6.45) is 0. The summed E-state index contributed by atoms with van der Waals surface area (Å²) in [5, 5.41) is 20.4. The molecule has 0 saturated carbocycles. The van der Waals surface area contributed by atoms with E-state index in [-0.39, 0.29) is 22.8 Å². The molecular weight excluding hydrogens is 343 g/mol. The van der Waals surface area contributed by atoms with E-state index < -0.39 is 7.82 Å². The van der Waals surface area contributed by atoms with Gasteiger partial charge in [0.2, 0.25) is 0 Å². The molecule has 0 heterocycles. The van der Waals surface area contributed by atoms with Crippen LogP contribution < -0.4 is 4.52 Å². The summed E-state index contributed by atoms with van der Waals surface area (Å²) >= 11 is 0. The van der Waals surface area contributed by atoms with Crippen LogP contribution in [0.1, 0.15) is 0 Å². The summed E-state index contributed by atoms with van der Waals surface area (Å²) in [4.78, 5) is 18.4. The molecule has 3 aromatic rings. The Labute approximate surface area is 143 Å². The van der Waals surface area contributed by atoms with Crippen molar-refractivity contribution in [1.29, 1.82) is 0 Å². The summed E-state index contributed by atoms with van der Waals surface area (Å²) in [5.41, 5.74) is 1.50. The van der Waals surface area contributed by atoms with Gasteiger partial charge in [0, 0.05) is 16.7 Å². The third-order valence-corrected chi connectivity index (χ3v) is 4.05. The fourth-order valence-corrected chi connectivity index (χ4v) is 3.03. The quantitative estimate of drug-likeness (QED) is 0.527. The second-order valence-corrected chi connectivity index (χ2v) is 6.46. The molecule has 0 radical (unpaired) electrons. The van der Waals surface area contributed by atoms with E-state index in [1.807, 2.05) is 0 Å². The summed E-state index contributed by atoms with van der Waals surface area (Å²) < 4.78 is 16.2. The predicted molar refractivity (Wildman–Crippen MR) is 93.3 cm³/mol. The van der Waals surface area contributed by atoms with Crippen molar-refractivity contribution in [1.82, 2.24) is 0 Å². The fraction of sp³-hybridized carbons (Fsp3) is 0. The van der Waals surface area contributed by atoms with Crippen LogP contribution >= 0.6 is 7.82 Å². The molecule has 0 aromatic heterocycles. The number of hydrogen-bond acceptors (Lipinski definition) is 4. The molecule has 0 saturated heterocycles. The number of benzene rings is 3. The van der Waals surface area contributed by atoms with Crippen LogP contribution in [0, 0.1) is 0 Å².